The molecule has 6 nitrogen and oxygen atoms in total. The molecule has 0 bridgehead atoms. The normalized spacial score (nSPS) is 24.8. The van der Waals surface area contributed by atoms with Gasteiger partial charge >= 0.3 is 0 Å². The van der Waals surface area contributed by atoms with Gasteiger partial charge in [0.1, 0.15) is 12.4 Å². The van der Waals surface area contributed by atoms with Crippen LogP contribution in [0.15, 0.2) is 30.3 Å². The lowest BCUT2D eigenvalue weighted by molar-refractivity contribution is -0.172. The van der Waals surface area contributed by atoms with Crippen molar-refractivity contribution in [1.29, 1.82) is 0 Å². The van der Waals surface area contributed by atoms with Gasteiger partial charge in [-0.2, -0.15) is 0 Å². The number of sulfonamides is 1. The minimum Gasteiger partial charge on any atom is -0.492 e. The van der Waals surface area contributed by atoms with Crippen LogP contribution in [-0.2, 0) is 14.8 Å². The predicted octanol–water partition coefficient (Wildman–Crippen LogP) is 1.40. The molecule has 0 aliphatic carbocycles. The van der Waals surface area contributed by atoms with Gasteiger partial charge in [0.2, 0.25) is 10.0 Å². The first-order valence-electron chi connectivity index (χ1n) is 8.50. The summed E-state index contributed by atoms with van der Waals surface area (Å²) in [6, 6.07) is 9.19. The van der Waals surface area contributed by atoms with Gasteiger partial charge in [-0.15, -0.1) is 0 Å². The highest BCUT2D eigenvalue weighted by Gasteiger charge is 2.45. The number of para-hydroxylation sites is 1. The molecule has 2 aliphatic heterocycles. The van der Waals surface area contributed by atoms with E-state index in [-0.39, 0.29) is 12.4 Å². The molecule has 0 aromatic heterocycles. The zero-order valence-electron chi connectivity index (χ0n) is 13.8. The second-order valence-corrected chi connectivity index (χ2v) is 8.54. The van der Waals surface area contributed by atoms with Gasteiger partial charge in [0.15, 0.2) is 0 Å². The van der Waals surface area contributed by atoms with Gasteiger partial charge in [0, 0.05) is 19.7 Å². The van der Waals surface area contributed by atoms with E-state index < -0.39 is 21.7 Å². The maximum atomic E-state index is 12.5. The van der Waals surface area contributed by atoms with Crippen molar-refractivity contribution in [3.63, 3.8) is 0 Å². The fraction of sp³-hybridized carbons (Fsp3) is 0.647. The summed E-state index contributed by atoms with van der Waals surface area (Å²) in [5, 5.41) is 10.2. The molecule has 0 radical (unpaired) electrons. The maximum absolute atomic E-state index is 12.5. The van der Waals surface area contributed by atoms with Crippen LogP contribution in [0, 0.1) is 0 Å². The first kappa shape index (κ1) is 17.7. The number of benzene rings is 1. The summed E-state index contributed by atoms with van der Waals surface area (Å²) < 4.78 is 37.8. The second-order valence-electron chi connectivity index (χ2n) is 6.45. The summed E-state index contributed by atoms with van der Waals surface area (Å²) in [7, 11) is -3.36. The van der Waals surface area contributed by atoms with Gasteiger partial charge in [-0.05, 0) is 37.8 Å². The van der Waals surface area contributed by atoms with E-state index in [1.807, 2.05) is 18.2 Å². The Morgan fingerprint density at radius 1 is 1.25 bits per heavy atom. The van der Waals surface area contributed by atoms with Crippen LogP contribution >= 0.6 is 0 Å². The van der Waals surface area contributed by atoms with Crippen molar-refractivity contribution in [2.24, 2.45) is 0 Å². The van der Waals surface area contributed by atoms with E-state index in [0.717, 1.165) is 12.8 Å². The van der Waals surface area contributed by atoms with Crippen LogP contribution in [0.2, 0.25) is 0 Å². The monoisotopic (exact) mass is 355 g/mol. The lowest BCUT2D eigenvalue weighted by Crippen LogP contribution is -2.56. The highest BCUT2D eigenvalue weighted by atomic mass is 32.2. The summed E-state index contributed by atoms with van der Waals surface area (Å²) in [6.45, 7) is 1.57. The van der Waals surface area contributed by atoms with Crippen LogP contribution in [-0.4, -0.2) is 61.6 Å². The Labute approximate surface area is 143 Å². The number of aliphatic hydroxyl groups is 1. The quantitative estimate of drug-likeness (QED) is 0.864. The Morgan fingerprint density at radius 2 is 1.96 bits per heavy atom. The van der Waals surface area contributed by atoms with Crippen LogP contribution in [0.25, 0.3) is 0 Å². The largest absolute Gasteiger partial charge is 0.492 e. The van der Waals surface area contributed by atoms with Crippen molar-refractivity contribution in [1.82, 2.24) is 4.31 Å². The molecule has 24 heavy (non-hydrogen) atoms. The average molecular weight is 355 g/mol. The summed E-state index contributed by atoms with van der Waals surface area (Å²) >= 11 is 0. The molecule has 2 fully saturated rings. The third kappa shape index (κ3) is 3.91. The highest BCUT2D eigenvalue weighted by Crippen LogP contribution is 2.35. The van der Waals surface area contributed by atoms with Gasteiger partial charge in [-0.1, -0.05) is 18.2 Å². The molecule has 0 unspecified atom stereocenters. The van der Waals surface area contributed by atoms with Crippen molar-refractivity contribution in [3.05, 3.63) is 30.3 Å². The number of ether oxygens (including phenoxy) is 2. The van der Waals surface area contributed by atoms with Gasteiger partial charge in [0.25, 0.3) is 0 Å². The summed E-state index contributed by atoms with van der Waals surface area (Å²) in [5.41, 5.74) is -0.551. The lowest BCUT2D eigenvalue weighted by atomic mass is 9.82. The molecule has 1 spiro atoms. The second kappa shape index (κ2) is 7.39. The molecule has 0 amide bonds. The molecule has 2 saturated heterocycles. The Hall–Kier alpha value is -1.15. The van der Waals surface area contributed by atoms with Crippen molar-refractivity contribution in [3.8, 4) is 5.75 Å². The Morgan fingerprint density at radius 3 is 2.62 bits per heavy atom. The van der Waals surface area contributed by atoms with Crippen molar-refractivity contribution in [2.45, 2.75) is 37.4 Å². The lowest BCUT2D eigenvalue weighted by Gasteiger charge is -2.46. The number of nitrogens with zero attached hydrogens (tertiary/aromatic N) is 1. The van der Waals surface area contributed by atoms with E-state index >= 15 is 0 Å². The molecule has 134 valence electrons. The first-order chi connectivity index (χ1) is 11.5. The highest BCUT2D eigenvalue weighted by molar-refractivity contribution is 7.89. The van der Waals surface area contributed by atoms with Crippen LogP contribution in [0.3, 0.4) is 0 Å². The maximum Gasteiger partial charge on any atom is 0.217 e. The van der Waals surface area contributed by atoms with Crippen LogP contribution in [0.1, 0.15) is 25.7 Å². The summed E-state index contributed by atoms with van der Waals surface area (Å²) in [5.74, 6) is 0.627. The molecule has 1 aromatic carbocycles. The van der Waals surface area contributed by atoms with E-state index in [9.17, 15) is 13.5 Å². The molecular formula is C17H25NO5S. The van der Waals surface area contributed by atoms with Crippen molar-refractivity contribution < 1.29 is 23.0 Å². The predicted molar refractivity (Wildman–Crippen MR) is 90.5 cm³/mol. The summed E-state index contributed by atoms with van der Waals surface area (Å²) in [6.07, 6.45) is 2.21. The van der Waals surface area contributed by atoms with Gasteiger partial charge in [-0.3, -0.25) is 0 Å². The van der Waals surface area contributed by atoms with Gasteiger partial charge < -0.3 is 14.6 Å². The molecule has 1 N–H and O–H groups in total. The molecule has 1 atom stereocenters. The Bertz CT molecular complexity index is 626. The number of hydrogen-bond acceptors (Lipinski definition) is 5. The minimum absolute atomic E-state index is 0.0433. The molecule has 0 saturated carbocycles. The molecule has 3 rings (SSSR count). The van der Waals surface area contributed by atoms with Crippen molar-refractivity contribution in [2.75, 3.05) is 32.1 Å². The van der Waals surface area contributed by atoms with E-state index in [4.69, 9.17) is 9.47 Å². The van der Waals surface area contributed by atoms with Crippen LogP contribution in [0.4, 0.5) is 0 Å². The van der Waals surface area contributed by atoms with E-state index in [1.54, 1.807) is 12.1 Å². The molecule has 2 aliphatic rings. The molecule has 7 heteroatoms. The molecule has 1 aromatic rings. The average Bonchev–Trinajstić information content (AvgIpc) is 2.59. The third-order valence-corrected chi connectivity index (χ3v) is 6.77. The molecular weight excluding hydrogens is 330 g/mol. The number of aliphatic hydroxyl groups excluding tert-OH is 1. The standard InChI is InChI=1S/C17H25NO5S/c19-16-7-4-12-23-17(16)8-10-18(11-9-17)24(20,21)14-13-22-15-5-2-1-3-6-15/h1-3,5-6,16,19H,4,7-14H2/t16-/m0/s1. The SMILES string of the molecule is O=S(=O)(CCOc1ccccc1)N1CCC2(CC1)OCCC[C@@H]2O. The third-order valence-electron chi connectivity index (χ3n) is 4.93. The van der Waals surface area contributed by atoms with Gasteiger partial charge in [0.05, 0.1) is 17.5 Å². The topological polar surface area (TPSA) is 76.1 Å². The van der Waals surface area contributed by atoms with Crippen molar-refractivity contribution >= 4 is 10.0 Å². The summed E-state index contributed by atoms with van der Waals surface area (Å²) in [4.78, 5) is 0. The number of hydrogen-bond donors (Lipinski definition) is 1. The Kier molecular flexibility index (Phi) is 5.44. The van der Waals surface area contributed by atoms with E-state index in [0.29, 0.717) is 38.3 Å². The van der Waals surface area contributed by atoms with E-state index in [2.05, 4.69) is 0 Å². The number of piperidine rings is 1. The fourth-order valence-corrected chi connectivity index (χ4v) is 4.73. The van der Waals surface area contributed by atoms with Crippen LogP contribution < -0.4 is 4.74 Å². The van der Waals surface area contributed by atoms with Gasteiger partial charge in [-0.25, -0.2) is 12.7 Å². The Balaban J connectivity index is 1.51. The van der Waals surface area contributed by atoms with E-state index in [1.165, 1.54) is 4.31 Å². The first-order valence-corrected chi connectivity index (χ1v) is 10.1. The number of rotatable bonds is 5. The molecule has 2 heterocycles. The zero-order valence-corrected chi connectivity index (χ0v) is 14.6. The minimum atomic E-state index is -3.36. The van der Waals surface area contributed by atoms with Crippen LogP contribution in [0.5, 0.6) is 5.75 Å². The smallest absolute Gasteiger partial charge is 0.217 e. The zero-order chi connectivity index (χ0) is 17.0. The fourth-order valence-electron chi connectivity index (χ4n) is 3.44.